The molecule has 5 N–H and O–H groups in total. The molecule has 1 aliphatic rings. The standard InChI is InChI=1S/C25H28ClFN5O8P/c1-5-25(26)19(33)17(39-23(25)32-11-16(27)18-20(32)29-24(28)30-21(18)34)12-37-41(36,40-15-9-7-6-8-10-15)31-14(4)22(35)38-13(2)3/h1,6-11,13-14,17,19,23,33H,12H2,2-4H3,(H,31,36)(H3,28,29,30,34)/t14?,17-,19?,23-,25-,41?/m1/s1. The summed E-state index contributed by atoms with van der Waals surface area (Å²) in [6.45, 7) is 4.09. The number of nitrogen functional groups attached to an aromatic ring is 1. The van der Waals surface area contributed by atoms with Gasteiger partial charge in [-0.25, -0.2) is 8.96 Å². The molecule has 16 heteroatoms. The van der Waals surface area contributed by atoms with Gasteiger partial charge in [-0.1, -0.05) is 35.7 Å². The highest BCUT2D eigenvalue weighted by atomic mass is 35.5. The Morgan fingerprint density at radius 3 is 2.73 bits per heavy atom. The molecule has 1 aromatic carbocycles. The molecule has 4 rings (SSSR count). The molecule has 13 nitrogen and oxygen atoms in total. The van der Waals surface area contributed by atoms with Crippen molar-refractivity contribution in [2.24, 2.45) is 0 Å². The third-order valence-corrected chi connectivity index (χ3v) is 8.17. The minimum absolute atomic E-state index is 0.150. The van der Waals surface area contributed by atoms with Crippen molar-refractivity contribution in [2.45, 2.75) is 56.2 Å². The number of alkyl halides is 1. The Labute approximate surface area is 238 Å². The Morgan fingerprint density at radius 2 is 2.10 bits per heavy atom. The molecule has 41 heavy (non-hydrogen) atoms. The fourth-order valence-electron chi connectivity index (χ4n) is 4.12. The van der Waals surface area contributed by atoms with Crippen molar-refractivity contribution in [1.29, 1.82) is 0 Å². The second-order valence-corrected chi connectivity index (χ2v) is 11.8. The molecular weight excluding hydrogens is 584 g/mol. The first-order valence-corrected chi connectivity index (χ1v) is 14.2. The van der Waals surface area contributed by atoms with Crippen molar-refractivity contribution in [3.05, 3.63) is 52.7 Å². The first-order chi connectivity index (χ1) is 19.3. The zero-order valence-electron chi connectivity index (χ0n) is 22.1. The smallest absolute Gasteiger partial charge is 0.459 e. The summed E-state index contributed by atoms with van der Waals surface area (Å²) in [5, 5.41) is 13.1. The summed E-state index contributed by atoms with van der Waals surface area (Å²) >= 11 is 6.61. The second kappa shape index (κ2) is 11.8. The lowest BCUT2D eigenvalue weighted by molar-refractivity contribution is -0.149. The molecule has 1 fully saturated rings. The SMILES string of the molecule is C#C[C@@]1(Cl)C(O)[C@@H](COP(=O)(NC(C)C(=O)OC(C)C)Oc2ccccc2)O[C@H]1n1cc(F)c2c(=O)[nH]c(N)nc21. The number of carbonyl (C=O) groups excluding carboxylic acids is 1. The Morgan fingerprint density at radius 1 is 1.41 bits per heavy atom. The van der Waals surface area contributed by atoms with Crippen LogP contribution < -0.4 is 20.9 Å². The molecule has 0 saturated carbocycles. The van der Waals surface area contributed by atoms with Crippen LogP contribution in [-0.4, -0.2) is 61.4 Å². The number of aromatic nitrogens is 3. The minimum Gasteiger partial charge on any atom is -0.462 e. The number of esters is 1. The average molecular weight is 612 g/mol. The van der Waals surface area contributed by atoms with E-state index in [-0.39, 0.29) is 17.3 Å². The fourth-order valence-corrected chi connectivity index (χ4v) is 5.92. The highest BCUT2D eigenvalue weighted by molar-refractivity contribution is 7.52. The molecule has 0 amide bonds. The quantitative estimate of drug-likeness (QED) is 0.114. The van der Waals surface area contributed by atoms with Crippen LogP contribution in [0, 0.1) is 18.2 Å². The van der Waals surface area contributed by atoms with Crippen LogP contribution in [0.4, 0.5) is 10.3 Å². The second-order valence-electron chi connectivity index (χ2n) is 9.45. The van der Waals surface area contributed by atoms with E-state index in [4.69, 9.17) is 42.3 Å². The van der Waals surface area contributed by atoms with Crippen LogP contribution in [0.1, 0.15) is 27.0 Å². The molecule has 3 aromatic rings. The molecule has 3 unspecified atom stereocenters. The van der Waals surface area contributed by atoms with Gasteiger partial charge in [-0.15, -0.1) is 6.42 Å². The summed E-state index contributed by atoms with van der Waals surface area (Å²) in [5.74, 6) is 0.407. The summed E-state index contributed by atoms with van der Waals surface area (Å²) < 4.78 is 51.8. The van der Waals surface area contributed by atoms with E-state index in [9.17, 15) is 23.7 Å². The van der Waals surface area contributed by atoms with Gasteiger partial charge in [0.1, 0.15) is 29.4 Å². The topological polar surface area (TPSA) is 180 Å². The number of hydrogen-bond acceptors (Lipinski definition) is 10. The van der Waals surface area contributed by atoms with Crippen molar-refractivity contribution in [3.8, 4) is 18.1 Å². The molecule has 3 heterocycles. The number of nitrogens with zero attached hydrogens (tertiary/aromatic N) is 2. The normalized spacial score (nSPS) is 24.6. The number of aromatic amines is 1. The van der Waals surface area contributed by atoms with Crippen molar-refractivity contribution >= 4 is 42.3 Å². The van der Waals surface area contributed by atoms with Crippen LogP contribution >= 0.6 is 19.3 Å². The molecule has 0 aliphatic carbocycles. The van der Waals surface area contributed by atoms with Crippen LogP contribution in [0.15, 0.2) is 41.3 Å². The monoisotopic (exact) mass is 611 g/mol. The number of ether oxygens (including phenoxy) is 2. The lowest BCUT2D eigenvalue weighted by atomic mass is 9.99. The van der Waals surface area contributed by atoms with Gasteiger partial charge in [-0.3, -0.25) is 23.7 Å². The van der Waals surface area contributed by atoms with E-state index in [1.807, 2.05) is 0 Å². The third-order valence-electron chi connectivity index (χ3n) is 6.01. The summed E-state index contributed by atoms with van der Waals surface area (Å²) in [7, 11) is -4.34. The van der Waals surface area contributed by atoms with Crippen LogP contribution in [0.3, 0.4) is 0 Å². The van der Waals surface area contributed by atoms with E-state index in [1.54, 1.807) is 32.0 Å². The van der Waals surface area contributed by atoms with Gasteiger partial charge >= 0.3 is 13.7 Å². The lowest BCUT2D eigenvalue weighted by Crippen LogP contribution is -2.42. The number of fused-ring (bicyclic) bond motifs is 1. The van der Waals surface area contributed by atoms with Gasteiger partial charge in [-0.2, -0.15) is 10.1 Å². The van der Waals surface area contributed by atoms with Crippen molar-refractivity contribution in [2.75, 3.05) is 12.3 Å². The zero-order valence-corrected chi connectivity index (χ0v) is 23.8. The van der Waals surface area contributed by atoms with Gasteiger partial charge in [-0.05, 0) is 32.9 Å². The minimum atomic E-state index is -4.34. The van der Waals surface area contributed by atoms with E-state index in [0.717, 1.165) is 10.8 Å². The van der Waals surface area contributed by atoms with E-state index >= 15 is 0 Å². The highest BCUT2D eigenvalue weighted by Gasteiger charge is 2.56. The van der Waals surface area contributed by atoms with Crippen molar-refractivity contribution in [3.63, 3.8) is 0 Å². The highest BCUT2D eigenvalue weighted by Crippen LogP contribution is 2.48. The van der Waals surface area contributed by atoms with Gasteiger partial charge in [0.05, 0.1) is 12.7 Å². The average Bonchev–Trinajstić information content (AvgIpc) is 3.36. The van der Waals surface area contributed by atoms with Crippen LogP contribution in [0.5, 0.6) is 5.75 Å². The summed E-state index contributed by atoms with van der Waals surface area (Å²) in [6.07, 6.45) is 1.63. The number of aliphatic hydroxyl groups excluding tert-OH is 1. The van der Waals surface area contributed by atoms with E-state index < -0.39 is 72.5 Å². The number of halogens is 2. The number of anilines is 1. The molecule has 2 aromatic heterocycles. The molecule has 0 bridgehead atoms. The van der Waals surface area contributed by atoms with E-state index in [1.165, 1.54) is 19.1 Å². The summed E-state index contributed by atoms with van der Waals surface area (Å²) in [6, 6.07) is 6.87. The number of nitrogens with two attached hydrogens (primary N) is 1. The van der Waals surface area contributed by atoms with Crippen molar-refractivity contribution in [1.82, 2.24) is 19.6 Å². The molecule has 1 saturated heterocycles. The number of nitrogens with one attached hydrogen (secondary N) is 2. The third kappa shape index (κ3) is 6.25. The number of para-hydroxylation sites is 1. The molecule has 0 radical (unpaired) electrons. The fraction of sp³-hybridized carbons (Fsp3) is 0.400. The maximum atomic E-state index is 14.7. The lowest BCUT2D eigenvalue weighted by Gasteiger charge is -2.26. The molecule has 6 atom stereocenters. The first-order valence-electron chi connectivity index (χ1n) is 12.3. The number of terminal acetylenes is 1. The van der Waals surface area contributed by atoms with Gasteiger partial charge < -0.3 is 24.8 Å². The summed E-state index contributed by atoms with van der Waals surface area (Å²) in [5.41, 5.74) is 4.55. The van der Waals surface area contributed by atoms with Gasteiger partial charge in [0, 0.05) is 6.20 Å². The van der Waals surface area contributed by atoms with E-state index in [2.05, 4.69) is 21.0 Å². The van der Waals surface area contributed by atoms with Crippen LogP contribution in [0.25, 0.3) is 11.0 Å². The number of H-pyrrole nitrogens is 1. The number of carbonyl (C=O) groups is 1. The van der Waals surface area contributed by atoms with E-state index in [0.29, 0.717) is 0 Å². The maximum absolute atomic E-state index is 14.7. The molecular formula is C25H28ClFN5O8P. The van der Waals surface area contributed by atoms with Crippen molar-refractivity contribution < 1.29 is 37.4 Å². The number of hydrogen-bond donors (Lipinski definition) is 4. The first kappa shape index (κ1) is 30.5. The van der Waals surface area contributed by atoms with Gasteiger partial charge in [0.25, 0.3) is 5.56 Å². The van der Waals surface area contributed by atoms with Gasteiger partial charge in [0.15, 0.2) is 22.6 Å². The predicted molar refractivity (Wildman–Crippen MR) is 147 cm³/mol. The van der Waals surface area contributed by atoms with Crippen LogP contribution in [0.2, 0.25) is 0 Å². The number of aliphatic hydroxyl groups is 1. The Kier molecular flexibility index (Phi) is 8.79. The predicted octanol–water partition coefficient (Wildman–Crippen LogP) is 2.45. The summed E-state index contributed by atoms with van der Waals surface area (Å²) in [4.78, 5) is 28.8. The van der Waals surface area contributed by atoms with Gasteiger partial charge in [0.2, 0.25) is 5.95 Å². The molecule has 220 valence electrons. The Hall–Kier alpha value is -3.44. The maximum Gasteiger partial charge on any atom is 0.459 e. The molecule has 1 aliphatic heterocycles. The zero-order chi connectivity index (χ0) is 30.1. The largest absolute Gasteiger partial charge is 0.462 e. The van der Waals surface area contributed by atoms with Crippen LogP contribution in [-0.2, 0) is 23.4 Å². The Balaban J connectivity index is 1.62. The molecule has 0 spiro atoms. The number of benzene rings is 1. The Bertz CT molecular complexity index is 1580. The number of rotatable bonds is 10.